The molecule has 5 heteroatoms. The maximum absolute atomic E-state index is 10.5. The average Bonchev–Trinajstić information content (AvgIpc) is 2.87. The lowest BCUT2D eigenvalue weighted by Crippen LogP contribution is -2.04. The van der Waals surface area contributed by atoms with Crippen molar-refractivity contribution in [2.45, 2.75) is 26.4 Å². The highest BCUT2D eigenvalue weighted by Crippen LogP contribution is 2.05. The van der Waals surface area contributed by atoms with Gasteiger partial charge in [0.25, 0.3) is 0 Å². The fourth-order valence-corrected chi connectivity index (χ4v) is 1.44. The van der Waals surface area contributed by atoms with Crippen LogP contribution in [0.5, 0.6) is 0 Å². The topological polar surface area (TPSA) is 52.7 Å². The summed E-state index contributed by atoms with van der Waals surface area (Å²) in [4.78, 5) is 10.5. The Labute approximate surface area is 93.7 Å². The van der Waals surface area contributed by atoms with Crippen LogP contribution in [-0.4, -0.2) is 25.8 Å². The molecule has 5 nitrogen and oxygen atoms in total. The Hall–Kier alpha value is -1.91. The van der Waals surface area contributed by atoms with E-state index in [1.54, 1.807) is 17.1 Å². The molecule has 0 amide bonds. The zero-order chi connectivity index (χ0) is 11.5. The smallest absolute Gasteiger partial charge is 0.153 e. The number of carbonyl (C=O) groups is 1. The van der Waals surface area contributed by atoms with Gasteiger partial charge in [-0.1, -0.05) is 0 Å². The maximum Gasteiger partial charge on any atom is 0.153 e. The van der Waals surface area contributed by atoms with Crippen LogP contribution in [0, 0.1) is 0 Å². The Morgan fingerprint density at radius 1 is 1.50 bits per heavy atom. The first-order valence-electron chi connectivity index (χ1n) is 5.20. The molecule has 0 bridgehead atoms. The predicted octanol–water partition coefficient (Wildman–Crippen LogP) is 1.52. The van der Waals surface area contributed by atoms with E-state index in [-0.39, 0.29) is 0 Å². The first-order valence-corrected chi connectivity index (χ1v) is 5.20. The van der Waals surface area contributed by atoms with Gasteiger partial charge in [0.05, 0.1) is 24.0 Å². The van der Waals surface area contributed by atoms with Crippen molar-refractivity contribution in [3.8, 4) is 0 Å². The third kappa shape index (κ3) is 2.18. The molecule has 2 heterocycles. The third-order valence-electron chi connectivity index (χ3n) is 2.31. The minimum absolute atomic E-state index is 0.358. The Kier molecular flexibility index (Phi) is 2.85. The van der Waals surface area contributed by atoms with Gasteiger partial charge in [-0.3, -0.25) is 14.2 Å². The normalized spacial score (nSPS) is 10.9. The van der Waals surface area contributed by atoms with Gasteiger partial charge < -0.3 is 0 Å². The fourth-order valence-electron chi connectivity index (χ4n) is 1.44. The summed E-state index contributed by atoms with van der Waals surface area (Å²) in [6.45, 7) is 4.75. The zero-order valence-electron chi connectivity index (χ0n) is 9.37. The van der Waals surface area contributed by atoms with Crippen LogP contribution >= 0.6 is 0 Å². The van der Waals surface area contributed by atoms with Gasteiger partial charge in [0.2, 0.25) is 0 Å². The molecule has 0 radical (unpaired) electrons. The van der Waals surface area contributed by atoms with E-state index in [9.17, 15) is 4.79 Å². The summed E-state index contributed by atoms with van der Waals surface area (Å²) in [7, 11) is 0. The monoisotopic (exact) mass is 218 g/mol. The zero-order valence-corrected chi connectivity index (χ0v) is 9.37. The summed E-state index contributed by atoms with van der Waals surface area (Å²) in [5, 5.41) is 8.48. The molecule has 0 saturated heterocycles. The number of hydrogen-bond acceptors (Lipinski definition) is 3. The molecule has 2 aromatic rings. The Morgan fingerprint density at radius 3 is 2.88 bits per heavy atom. The summed E-state index contributed by atoms with van der Waals surface area (Å²) in [5.41, 5.74) is 1.53. The molecule has 0 aliphatic carbocycles. The SMILES string of the molecule is CC(C)n1ccc(Cn2cc(C=O)cn2)n1. The summed E-state index contributed by atoms with van der Waals surface area (Å²) in [6, 6.07) is 2.32. The second-order valence-corrected chi connectivity index (χ2v) is 3.97. The average molecular weight is 218 g/mol. The molecule has 2 rings (SSSR count). The minimum Gasteiger partial charge on any atom is -0.298 e. The van der Waals surface area contributed by atoms with E-state index >= 15 is 0 Å². The standard InChI is InChI=1S/C11H14N4O/c1-9(2)15-4-3-11(13-15)7-14-6-10(8-16)5-12-14/h3-6,8-9H,7H2,1-2H3. The van der Waals surface area contributed by atoms with Gasteiger partial charge in [0.1, 0.15) is 0 Å². The van der Waals surface area contributed by atoms with E-state index < -0.39 is 0 Å². The van der Waals surface area contributed by atoms with Crippen molar-refractivity contribution in [1.82, 2.24) is 19.6 Å². The Balaban J connectivity index is 2.11. The molecule has 0 aromatic carbocycles. The maximum atomic E-state index is 10.5. The summed E-state index contributed by atoms with van der Waals surface area (Å²) in [5.74, 6) is 0. The van der Waals surface area contributed by atoms with Gasteiger partial charge in [-0.05, 0) is 19.9 Å². The van der Waals surface area contributed by atoms with E-state index in [1.165, 1.54) is 0 Å². The molecular formula is C11H14N4O. The molecule has 84 valence electrons. The highest BCUT2D eigenvalue weighted by molar-refractivity contribution is 5.73. The Morgan fingerprint density at radius 2 is 2.31 bits per heavy atom. The quantitative estimate of drug-likeness (QED) is 0.731. The van der Waals surface area contributed by atoms with Gasteiger partial charge in [-0.2, -0.15) is 10.2 Å². The van der Waals surface area contributed by atoms with E-state index in [1.807, 2.05) is 16.9 Å². The van der Waals surface area contributed by atoms with Crippen molar-refractivity contribution in [2.75, 3.05) is 0 Å². The van der Waals surface area contributed by atoms with E-state index in [0.717, 1.165) is 12.0 Å². The first-order chi connectivity index (χ1) is 7.69. The second-order valence-electron chi connectivity index (χ2n) is 3.97. The number of aldehydes is 1. The van der Waals surface area contributed by atoms with Crippen molar-refractivity contribution >= 4 is 6.29 Å². The molecule has 0 fully saturated rings. The molecule has 0 aliphatic rings. The third-order valence-corrected chi connectivity index (χ3v) is 2.31. The summed E-state index contributed by atoms with van der Waals surface area (Å²) >= 11 is 0. The van der Waals surface area contributed by atoms with Crippen molar-refractivity contribution in [2.24, 2.45) is 0 Å². The Bertz CT molecular complexity index is 484. The van der Waals surface area contributed by atoms with Crippen LogP contribution in [0.15, 0.2) is 24.7 Å². The van der Waals surface area contributed by atoms with Gasteiger partial charge in [-0.15, -0.1) is 0 Å². The first kappa shape index (κ1) is 10.6. The number of carbonyl (C=O) groups excluding carboxylic acids is 1. The van der Waals surface area contributed by atoms with Crippen molar-refractivity contribution < 1.29 is 4.79 Å². The highest BCUT2D eigenvalue weighted by Gasteiger charge is 2.03. The lowest BCUT2D eigenvalue weighted by Gasteiger charge is -2.03. The molecule has 0 unspecified atom stereocenters. The van der Waals surface area contributed by atoms with Crippen molar-refractivity contribution in [1.29, 1.82) is 0 Å². The number of aromatic nitrogens is 4. The molecule has 0 atom stereocenters. The van der Waals surface area contributed by atoms with Crippen LogP contribution in [0.25, 0.3) is 0 Å². The molecule has 0 saturated carbocycles. The molecular weight excluding hydrogens is 204 g/mol. The minimum atomic E-state index is 0.358. The molecule has 0 aliphatic heterocycles. The van der Waals surface area contributed by atoms with E-state index in [2.05, 4.69) is 24.0 Å². The summed E-state index contributed by atoms with van der Waals surface area (Å²) < 4.78 is 3.61. The van der Waals surface area contributed by atoms with Crippen LogP contribution in [0.3, 0.4) is 0 Å². The van der Waals surface area contributed by atoms with Gasteiger partial charge in [-0.25, -0.2) is 0 Å². The van der Waals surface area contributed by atoms with E-state index in [4.69, 9.17) is 0 Å². The molecule has 0 spiro atoms. The van der Waals surface area contributed by atoms with Crippen molar-refractivity contribution in [3.63, 3.8) is 0 Å². The van der Waals surface area contributed by atoms with Crippen LogP contribution in [0.2, 0.25) is 0 Å². The van der Waals surface area contributed by atoms with Crippen LogP contribution in [0.4, 0.5) is 0 Å². The van der Waals surface area contributed by atoms with E-state index in [0.29, 0.717) is 18.2 Å². The van der Waals surface area contributed by atoms with Crippen LogP contribution in [-0.2, 0) is 6.54 Å². The van der Waals surface area contributed by atoms with Gasteiger partial charge in [0.15, 0.2) is 6.29 Å². The largest absolute Gasteiger partial charge is 0.298 e. The summed E-state index contributed by atoms with van der Waals surface area (Å²) in [6.07, 6.45) is 5.99. The molecule has 2 aromatic heterocycles. The number of hydrogen-bond donors (Lipinski definition) is 0. The lowest BCUT2D eigenvalue weighted by molar-refractivity contribution is 0.112. The fraction of sp³-hybridized carbons (Fsp3) is 0.364. The van der Waals surface area contributed by atoms with Gasteiger partial charge >= 0.3 is 0 Å². The highest BCUT2D eigenvalue weighted by atomic mass is 16.1. The number of nitrogens with zero attached hydrogens (tertiary/aromatic N) is 4. The molecule has 0 N–H and O–H groups in total. The predicted molar refractivity (Wildman–Crippen MR) is 59.3 cm³/mol. The lowest BCUT2D eigenvalue weighted by atomic mass is 10.4. The second kappa shape index (κ2) is 4.30. The molecule has 16 heavy (non-hydrogen) atoms. The number of rotatable bonds is 4. The van der Waals surface area contributed by atoms with Crippen LogP contribution in [0.1, 0.15) is 35.9 Å². The van der Waals surface area contributed by atoms with Gasteiger partial charge in [0, 0.05) is 18.4 Å². The van der Waals surface area contributed by atoms with Crippen LogP contribution < -0.4 is 0 Å². The van der Waals surface area contributed by atoms with Crippen molar-refractivity contribution in [3.05, 3.63) is 35.9 Å².